The lowest BCUT2D eigenvalue weighted by Gasteiger charge is -2.23. The van der Waals surface area contributed by atoms with Crippen molar-refractivity contribution in [3.63, 3.8) is 0 Å². The molecule has 0 saturated carbocycles. The average molecular weight is 452 g/mol. The molecule has 0 aliphatic rings. The maximum Gasteiger partial charge on any atom is 0.407 e. The summed E-state index contributed by atoms with van der Waals surface area (Å²) in [4.78, 5) is 23.6. The molecule has 8 nitrogen and oxygen atoms in total. The van der Waals surface area contributed by atoms with Gasteiger partial charge in [-0.1, -0.05) is 42.5 Å². The van der Waals surface area contributed by atoms with E-state index in [9.17, 15) is 14.7 Å². The van der Waals surface area contributed by atoms with E-state index in [1.165, 1.54) is 0 Å². The second-order valence-corrected chi connectivity index (χ2v) is 6.76. The van der Waals surface area contributed by atoms with Crippen LogP contribution in [0.15, 0.2) is 54.6 Å². The summed E-state index contributed by atoms with van der Waals surface area (Å²) < 4.78 is 10.3. The number of ether oxygens (including phenoxy) is 2. The fourth-order valence-corrected chi connectivity index (χ4v) is 2.91. The molecule has 0 bridgehead atoms. The molecule has 0 aromatic heterocycles. The minimum atomic E-state index is -0.647. The molecular weight excluding hydrogens is 422 g/mol. The number of nitrogens with two attached hydrogens (primary N) is 1. The first-order chi connectivity index (χ1) is 14.5. The van der Waals surface area contributed by atoms with Crippen LogP contribution in [-0.2, 0) is 16.1 Å². The second-order valence-electron chi connectivity index (χ2n) is 6.76. The smallest absolute Gasteiger partial charge is 0.407 e. The van der Waals surface area contributed by atoms with Crippen LogP contribution in [0.2, 0.25) is 0 Å². The summed E-state index contributed by atoms with van der Waals surface area (Å²) >= 11 is 0. The van der Waals surface area contributed by atoms with Crippen molar-refractivity contribution in [2.45, 2.75) is 31.5 Å². The number of nitrogens with one attached hydrogen (secondary N) is 2. The largest absolute Gasteiger partial charge is 0.497 e. The maximum atomic E-state index is 11.8. The molecule has 0 spiro atoms. The molecule has 2 atom stereocenters. The number of aliphatic hydroxyl groups excluding tert-OH is 1. The highest BCUT2D eigenvalue weighted by molar-refractivity contribution is 5.85. The number of aliphatic hydroxyl groups is 1. The molecule has 0 aliphatic heterocycles. The predicted molar refractivity (Wildman–Crippen MR) is 120 cm³/mol. The van der Waals surface area contributed by atoms with Gasteiger partial charge in [0.05, 0.1) is 25.8 Å². The molecule has 2 aromatic rings. The van der Waals surface area contributed by atoms with Crippen molar-refractivity contribution in [2.75, 3.05) is 20.3 Å². The Balaban J connectivity index is 0.00000480. The molecule has 0 aliphatic carbocycles. The molecule has 31 heavy (non-hydrogen) atoms. The number of hydrogen-bond donors (Lipinski definition) is 4. The highest BCUT2D eigenvalue weighted by Crippen LogP contribution is 2.18. The zero-order valence-electron chi connectivity index (χ0n) is 17.5. The molecule has 0 fully saturated rings. The van der Waals surface area contributed by atoms with Crippen LogP contribution >= 0.6 is 12.4 Å². The molecule has 9 heteroatoms. The lowest BCUT2D eigenvalue weighted by atomic mass is 10.0. The van der Waals surface area contributed by atoms with Crippen molar-refractivity contribution in [3.8, 4) is 5.75 Å². The zero-order valence-corrected chi connectivity index (χ0v) is 18.3. The lowest BCUT2D eigenvalue weighted by molar-refractivity contribution is -0.120. The topological polar surface area (TPSA) is 123 Å². The van der Waals surface area contributed by atoms with Crippen LogP contribution in [0.1, 0.15) is 30.0 Å². The maximum absolute atomic E-state index is 11.8. The third kappa shape index (κ3) is 9.25. The van der Waals surface area contributed by atoms with E-state index >= 15 is 0 Å². The average Bonchev–Trinajstić information content (AvgIpc) is 2.78. The molecule has 170 valence electrons. The Bertz CT molecular complexity index is 789. The number of hydrogen-bond acceptors (Lipinski definition) is 6. The molecular formula is C22H30ClN3O5. The number of benzene rings is 2. The van der Waals surface area contributed by atoms with Crippen LogP contribution in [0, 0.1) is 0 Å². The van der Waals surface area contributed by atoms with Crippen LogP contribution in [0.25, 0.3) is 0 Å². The van der Waals surface area contributed by atoms with Crippen molar-refractivity contribution >= 4 is 24.4 Å². The van der Waals surface area contributed by atoms with E-state index in [1.807, 2.05) is 42.5 Å². The van der Waals surface area contributed by atoms with Crippen LogP contribution in [0.3, 0.4) is 0 Å². The third-order valence-electron chi connectivity index (χ3n) is 4.60. The molecule has 2 aromatic carbocycles. The van der Waals surface area contributed by atoms with Crippen molar-refractivity contribution in [2.24, 2.45) is 5.73 Å². The van der Waals surface area contributed by atoms with Gasteiger partial charge in [-0.25, -0.2) is 4.79 Å². The first-order valence-electron chi connectivity index (χ1n) is 9.78. The van der Waals surface area contributed by atoms with E-state index in [0.717, 1.165) is 11.1 Å². The summed E-state index contributed by atoms with van der Waals surface area (Å²) in [5.41, 5.74) is 7.22. The summed E-state index contributed by atoms with van der Waals surface area (Å²) in [6.07, 6.45) is 0.400. The zero-order chi connectivity index (χ0) is 21.8. The molecule has 0 unspecified atom stereocenters. The Morgan fingerprint density at radius 2 is 1.77 bits per heavy atom. The van der Waals surface area contributed by atoms with Gasteiger partial charge in [-0.3, -0.25) is 10.1 Å². The predicted octanol–water partition coefficient (Wildman–Crippen LogP) is 2.30. The number of carbonyl (C=O) groups excluding carboxylic acids is 2. The van der Waals surface area contributed by atoms with Gasteiger partial charge >= 0.3 is 6.09 Å². The Kier molecular flexibility index (Phi) is 12.0. The van der Waals surface area contributed by atoms with Crippen molar-refractivity contribution in [1.82, 2.24) is 10.6 Å². The Labute approximate surface area is 188 Å². The van der Waals surface area contributed by atoms with Crippen LogP contribution < -0.4 is 21.1 Å². The lowest BCUT2D eigenvalue weighted by Crippen LogP contribution is -2.44. The van der Waals surface area contributed by atoms with Crippen LogP contribution in [0.5, 0.6) is 5.75 Å². The standard InChI is InChI=1S/C22H29N3O5.ClH/c1-29-18-11-9-17(10-12-18)20(14-26)25-19(21(23)27)8-5-13-24-22(28)30-15-16-6-3-2-4-7-16;/h2-4,6-7,9-12,19-20,25-26H,5,8,13-15H2,1H3,(H2,23,27)(H,24,28);1H/t19-,20-;/m1./s1. The van der Waals surface area contributed by atoms with E-state index in [0.29, 0.717) is 25.1 Å². The van der Waals surface area contributed by atoms with Crippen LogP contribution in [-0.4, -0.2) is 43.4 Å². The van der Waals surface area contributed by atoms with E-state index in [2.05, 4.69) is 10.6 Å². The molecule has 2 amide bonds. The molecule has 0 radical (unpaired) electrons. The number of alkyl carbamates (subject to hydrolysis) is 1. The second kappa shape index (κ2) is 14.2. The first-order valence-corrected chi connectivity index (χ1v) is 9.78. The quantitative estimate of drug-likeness (QED) is 0.367. The summed E-state index contributed by atoms with van der Waals surface area (Å²) in [5, 5.41) is 15.5. The van der Waals surface area contributed by atoms with Gasteiger partial charge in [0.25, 0.3) is 0 Å². The molecule has 2 rings (SSSR count). The molecule has 0 saturated heterocycles. The van der Waals surface area contributed by atoms with Crippen molar-refractivity contribution < 1.29 is 24.2 Å². The van der Waals surface area contributed by atoms with Gasteiger partial charge in [-0.05, 0) is 36.1 Å². The summed E-state index contributed by atoms with van der Waals surface area (Å²) in [6, 6.07) is 15.5. The Hall–Kier alpha value is -2.81. The summed E-state index contributed by atoms with van der Waals surface area (Å²) in [6.45, 7) is 0.337. The first kappa shape index (κ1) is 26.2. The summed E-state index contributed by atoms with van der Waals surface area (Å²) in [5.74, 6) is 0.181. The van der Waals surface area contributed by atoms with E-state index in [-0.39, 0.29) is 25.6 Å². The normalized spacial score (nSPS) is 12.2. The fourth-order valence-electron chi connectivity index (χ4n) is 2.91. The number of methoxy groups -OCH3 is 1. The summed E-state index contributed by atoms with van der Waals surface area (Å²) in [7, 11) is 1.57. The number of amides is 2. The van der Waals surface area contributed by atoms with Gasteiger partial charge in [-0.2, -0.15) is 0 Å². The van der Waals surface area contributed by atoms with E-state index in [4.69, 9.17) is 15.2 Å². The van der Waals surface area contributed by atoms with Gasteiger partial charge in [0.1, 0.15) is 12.4 Å². The molecule has 5 N–H and O–H groups in total. The van der Waals surface area contributed by atoms with Gasteiger partial charge in [0.15, 0.2) is 0 Å². The monoisotopic (exact) mass is 451 g/mol. The highest BCUT2D eigenvalue weighted by atomic mass is 35.5. The van der Waals surface area contributed by atoms with Crippen molar-refractivity contribution in [3.05, 3.63) is 65.7 Å². The van der Waals surface area contributed by atoms with Gasteiger partial charge < -0.3 is 25.6 Å². The van der Waals surface area contributed by atoms with Crippen molar-refractivity contribution in [1.29, 1.82) is 0 Å². The number of primary amides is 1. The fraction of sp³-hybridized carbons (Fsp3) is 0.364. The number of rotatable bonds is 12. The van der Waals surface area contributed by atoms with E-state index < -0.39 is 24.1 Å². The number of halogens is 1. The Morgan fingerprint density at radius 1 is 1.10 bits per heavy atom. The Morgan fingerprint density at radius 3 is 2.35 bits per heavy atom. The van der Waals surface area contributed by atoms with Crippen LogP contribution in [0.4, 0.5) is 4.79 Å². The highest BCUT2D eigenvalue weighted by Gasteiger charge is 2.20. The number of carbonyl (C=O) groups is 2. The minimum absolute atomic E-state index is 0. The SMILES string of the molecule is COc1ccc([C@@H](CO)N[C@H](CCCNC(=O)OCc2ccccc2)C(N)=O)cc1.Cl. The van der Waals surface area contributed by atoms with Gasteiger partial charge in [-0.15, -0.1) is 12.4 Å². The van der Waals surface area contributed by atoms with E-state index in [1.54, 1.807) is 19.2 Å². The van der Waals surface area contributed by atoms with Gasteiger partial charge in [0.2, 0.25) is 5.91 Å². The third-order valence-corrected chi connectivity index (χ3v) is 4.60. The molecule has 0 heterocycles. The minimum Gasteiger partial charge on any atom is -0.497 e. The van der Waals surface area contributed by atoms with Gasteiger partial charge in [0, 0.05) is 6.54 Å².